The van der Waals surface area contributed by atoms with E-state index in [2.05, 4.69) is 5.32 Å². The molecule has 2 fully saturated rings. The van der Waals surface area contributed by atoms with Crippen molar-refractivity contribution >= 4 is 35.5 Å². The van der Waals surface area contributed by atoms with E-state index in [0.29, 0.717) is 31.3 Å². The van der Waals surface area contributed by atoms with Crippen LogP contribution < -0.4 is 5.32 Å². The zero-order chi connectivity index (χ0) is 13.0. The third-order valence-corrected chi connectivity index (χ3v) is 6.04. The molecule has 18 heavy (non-hydrogen) atoms. The highest BCUT2D eigenvalue weighted by Crippen LogP contribution is 2.23. The number of carboxylic acid groups (broad SMARTS) is 1. The predicted molar refractivity (Wildman–Crippen MR) is 74.3 cm³/mol. The Bertz CT molecular complexity index is 321. The molecule has 0 saturated carbocycles. The molecular formula is C11H18N2O3S2. The molecule has 7 heteroatoms. The fourth-order valence-corrected chi connectivity index (χ4v) is 4.73. The first kappa shape index (κ1) is 13.9. The number of carbonyl (C=O) groups is 2. The van der Waals surface area contributed by atoms with Crippen LogP contribution in [0.15, 0.2) is 0 Å². The highest BCUT2D eigenvalue weighted by molar-refractivity contribution is 8.06. The molecule has 0 bridgehead atoms. The number of urea groups is 1. The second-order valence-electron chi connectivity index (χ2n) is 4.52. The van der Waals surface area contributed by atoms with Gasteiger partial charge in [0.05, 0.1) is 5.92 Å². The molecular weight excluding hydrogens is 272 g/mol. The van der Waals surface area contributed by atoms with E-state index in [0.717, 1.165) is 11.5 Å². The highest BCUT2D eigenvalue weighted by atomic mass is 32.2. The second-order valence-corrected chi connectivity index (χ2v) is 7.08. The topological polar surface area (TPSA) is 69.6 Å². The standard InChI is InChI=1S/C11H18N2O3S2/c14-10(15)8-1-2-13(6-8)11(16)12-5-9-7-17-3-4-18-9/h8-9H,1-7H2,(H,12,16)(H,14,15). The molecule has 2 saturated heterocycles. The molecule has 2 amide bonds. The average Bonchev–Trinajstić information content (AvgIpc) is 2.87. The van der Waals surface area contributed by atoms with Crippen LogP contribution in [0, 0.1) is 5.92 Å². The van der Waals surface area contributed by atoms with Crippen molar-refractivity contribution in [2.75, 3.05) is 36.9 Å². The lowest BCUT2D eigenvalue weighted by molar-refractivity contribution is -0.141. The monoisotopic (exact) mass is 290 g/mol. The smallest absolute Gasteiger partial charge is 0.317 e. The van der Waals surface area contributed by atoms with E-state index >= 15 is 0 Å². The Kier molecular flexibility index (Phi) is 5.05. The van der Waals surface area contributed by atoms with Crippen LogP contribution in [0.4, 0.5) is 4.79 Å². The summed E-state index contributed by atoms with van der Waals surface area (Å²) in [6.07, 6.45) is 0.566. The molecule has 0 spiro atoms. The number of hydrogen-bond acceptors (Lipinski definition) is 4. The SMILES string of the molecule is O=C(O)C1CCN(C(=O)NCC2CSCCS2)C1. The molecule has 2 aliphatic heterocycles. The van der Waals surface area contributed by atoms with Crippen molar-refractivity contribution < 1.29 is 14.7 Å². The number of nitrogens with one attached hydrogen (secondary N) is 1. The number of amides is 2. The normalized spacial score (nSPS) is 28.1. The van der Waals surface area contributed by atoms with Gasteiger partial charge in [-0.15, -0.1) is 0 Å². The van der Waals surface area contributed by atoms with E-state index in [4.69, 9.17) is 5.11 Å². The van der Waals surface area contributed by atoms with Crippen molar-refractivity contribution in [1.82, 2.24) is 10.2 Å². The fourth-order valence-electron chi connectivity index (χ4n) is 2.11. The fraction of sp³-hybridized carbons (Fsp3) is 0.818. The number of nitrogens with zero attached hydrogens (tertiary/aromatic N) is 1. The van der Waals surface area contributed by atoms with Crippen LogP contribution in [-0.4, -0.2) is 64.1 Å². The molecule has 5 nitrogen and oxygen atoms in total. The summed E-state index contributed by atoms with van der Waals surface area (Å²) in [7, 11) is 0. The number of likely N-dealkylation sites (tertiary alicyclic amines) is 1. The first-order valence-corrected chi connectivity index (χ1v) is 8.32. The summed E-state index contributed by atoms with van der Waals surface area (Å²) in [4.78, 5) is 24.3. The van der Waals surface area contributed by atoms with Crippen LogP contribution in [0.5, 0.6) is 0 Å². The lowest BCUT2D eigenvalue weighted by atomic mass is 10.1. The molecule has 102 valence electrons. The molecule has 0 aromatic carbocycles. The van der Waals surface area contributed by atoms with Gasteiger partial charge in [0, 0.05) is 42.1 Å². The number of thioether (sulfide) groups is 2. The molecule has 2 rings (SSSR count). The van der Waals surface area contributed by atoms with E-state index < -0.39 is 11.9 Å². The van der Waals surface area contributed by atoms with Gasteiger partial charge in [-0.3, -0.25) is 4.79 Å². The minimum Gasteiger partial charge on any atom is -0.481 e. The number of carboxylic acids is 1. The average molecular weight is 290 g/mol. The zero-order valence-electron chi connectivity index (χ0n) is 10.1. The second kappa shape index (κ2) is 6.56. The van der Waals surface area contributed by atoms with Gasteiger partial charge in [-0.25, -0.2) is 4.79 Å². The van der Waals surface area contributed by atoms with Crippen molar-refractivity contribution in [3.05, 3.63) is 0 Å². The quantitative estimate of drug-likeness (QED) is 0.810. The third kappa shape index (κ3) is 3.71. The molecule has 2 heterocycles. The number of rotatable bonds is 3. The Balaban J connectivity index is 1.70. The van der Waals surface area contributed by atoms with E-state index in [9.17, 15) is 9.59 Å². The van der Waals surface area contributed by atoms with Gasteiger partial charge in [-0.1, -0.05) is 0 Å². The lowest BCUT2D eigenvalue weighted by Crippen LogP contribution is -2.42. The van der Waals surface area contributed by atoms with Gasteiger partial charge in [-0.05, 0) is 6.42 Å². The Morgan fingerprint density at radius 3 is 2.83 bits per heavy atom. The van der Waals surface area contributed by atoms with Crippen LogP contribution in [0.25, 0.3) is 0 Å². The summed E-state index contributed by atoms with van der Waals surface area (Å²) in [6.45, 7) is 1.58. The van der Waals surface area contributed by atoms with Gasteiger partial charge in [0.1, 0.15) is 0 Å². The van der Waals surface area contributed by atoms with Crippen molar-refractivity contribution in [2.45, 2.75) is 11.7 Å². The number of carbonyl (C=O) groups excluding carboxylic acids is 1. The summed E-state index contributed by atoms with van der Waals surface area (Å²) in [5.74, 6) is 2.24. The maximum absolute atomic E-state index is 11.9. The molecule has 0 aromatic rings. The first-order valence-electron chi connectivity index (χ1n) is 6.11. The van der Waals surface area contributed by atoms with Crippen molar-refractivity contribution in [3.63, 3.8) is 0 Å². The molecule has 2 aliphatic rings. The Labute approximate surface area is 115 Å². The predicted octanol–water partition coefficient (Wildman–Crippen LogP) is 0.951. The summed E-state index contributed by atoms with van der Waals surface area (Å²) in [5, 5.41) is 12.3. The van der Waals surface area contributed by atoms with Gasteiger partial charge in [0.15, 0.2) is 0 Å². The molecule has 2 unspecified atom stereocenters. The Hall–Kier alpha value is -0.560. The summed E-state index contributed by atoms with van der Waals surface area (Å²) >= 11 is 3.83. The van der Waals surface area contributed by atoms with Crippen molar-refractivity contribution in [3.8, 4) is 0 Å². The van der Waals surface area contributed by atoms with E-state index in [1.54, 1.807) is 4.90 Å². The molecule has 0 aliphatic carbocycles. The van der Waals surface area contributed by atoms with Gasteiger partial charge < -0.3 is 15.3 Å². The zero-order valence-corrected chi connectivity index (χ0v) is 11.8. The van der Waals surface area contributed by atoms with Crippen molar-refractivity contribution in [2.24, 2.45) is 5.92 Å². The van der Waals surface area contributed by atoms with E-state index in [1.807, 2.05) is 23.5 Å². The summed E-state index contributed by atoms with van der Waals surface area (Å²) in [5.41, 5.74) is 0. The summed E-state index contributed by atoms with van der Waals surface area (Å²) in [6, 6.07) is -0.116. The van der Waals surface area contributed by atoms with E-state index in [-0.39, 0.29) is 6.03 Å². The van der Waals surface area contributed by atoms with Crippen LogP contribution in [0.3, 0.4) is 0 Å². The Morgan fingerprint density at radius 1 is 1.39 bits per heavy atom. The third-order valence-electron chi connectivity index (χ3n) is 3.19. The van der Waals surface area contributed by atoms with Gasteiger partial charge in [-0.2, -0.15) is 23.5 Å². The highest BCUT2D eigenvalue weighted by Gasteiger charge is 2.30. The van der Waals surface area contributed by atoms with Crippen LogP contribution >= 0.6 is 23.5 Å². The lowest BCUT2D eigenvalue weighted by Gasteiger charge is -2.23. The largest absolute Gasteiger partial charge is 0.481 e. The minimum absolute atomic E-state index is 0.116. The molecule has 2 N–H and O–H groups in total. The van der Waals surface area contributed by atoms with Crippen molar-refractivity contribution in [1.29, 1.82) is 0 Å². The van der Waals surface area contributed by atoms with Gasteiger partial charge >= 0.3 is 12.0 Å². The van der Waals surface area contributed by atoms with Crippen LogP contribution in [-0.2, 0) is 4.79 Å². The van der Waals surface area contributed by atoms with Crippen LogP contribution in [0.1, 0.15) is 6.42 Å². The first-order chi connectivity index (χ1) is 8.66. The van der Waals surface area contributed by atoms with Gasteiger partial charge in [0.2, 0.25) is 0 Å². The molecule has 0 radical (unpaired) electrons. The Morgan fingerprint density at radius 2 is 2.22 bits per heavy atom. The summed E-state index contributed by atoms with van der Waals surface area (Å²) < 4.78 is 0. The maximum atomic E-state index is 11.9. The maximum Gasteiger partial charge on any atom is 0.317 e. The van der Waals surface area contributed by atoms with E-state index in [1.165, 1.54) is 5.75 Å². The minimum atomic E-state index is -0.801. The molecule has 0 aromatic heterocycles. The van der Waals surface area contributed by atoms with Gasteiger partial charge in [0.25, 0.3) is 0 Å². The molecule has 2 atom stereocenters. The number of aliphatic carboxylic acids is 1. The van der Waals surface area contributed by atoms with Crippen LogP contribution in [0.2, 0.25) is 0 Å². The number of hydrogen-bond donors (Lipinski definition) is 2.